The molecule has 0 bridgehead atoms. The summed E-state index contributed by atoms with van der Waals surface area (Å²) in [7, 11) is 0. The van der Waals surface area contributed by atoms with E-state index in [1.165, 1.54) is 5.56 Å². The smallest absolute Gasteiger partial charge is 0.241 e. The molecular weight excluding hydrogens is 432 g/mol. The maximum absolute atomic E-state index is 12.5. The molecule has 0 atom stereocenters. The number of carbonyl (C=O) groups excluding carboxylic acids is 1. The van der Waals surface area contributed by atoms with Gasteiger partial charge in [-0.2, -0.15) is 4.98 Å². The number of carbonyl (C=O) groups is 1. The number of nitrogens with one attached hydrogen (secondary N) is 1. The van der Waals surface area contributed by atoms with Crippen molar-refractivity contribution in [1.29, 1.82) is 0 Å². The molecule has 3 aromatic rings. The first kappa shape index (κ1) is 19.8. The average Bonchev–Trinajstić information content (AvgIpc) is 3.19. The fourth-order valence-corrected chi connectivity index (χ4v) is 3.73. The minimum absolute atomic E-state index is 0.0357. The van der Waals surface area contributed by atoms with E-state index in [4.69, 9.17) is 4.52 Å². The second kappa shape index (κ2) is 8.88. The van der Waals surface area contributed by atoms with Crippen LogP contribution in [0.15, 0.2) is 57.5 Å². The highest BCUT2D eigenvalue weighted by Crippen LogP contribution is 2.23. The standard InChI is InChI=1S/C22H23BrN4O2/c1-15-2-8-19(9-3-15)24-22(28)17-10-12-27(13-11-17)14-20-25-21(26-29-20)16-4-6-18(23)7-5-16/h2-9,17H,10-14H2,1H3,(H,24,28). The Hall–Kier alpha value is -2.51. The minimum Gasteiger partial charge on any atom is -0.338 e. The Morgan fingerprint density at radius 2 is 1.83 bits per heavy atom. The van der Waals surface area contributed by atoms with Crippen LogP contribution in [-0.2, 0) is 11.3 Å². The number of hydrogen-bond acceptors (Lipinski definition) is 5. The Kier molecular flexibility index (Phi) is 6.06. The molecule has 0 unspecified atom stereocenters. The zero-order chi connectivity index (χ0) is 20.2. The maximum atomic E-state index is 12.5. The lowest BCUT2D eigenvalue weighted by Crippen LogP contribution is -2.37. The number of amides is 1. The number of anilines is 1. The molecule has 7 heteroatoms. The van der Waals surface area contributed by atoms with E-state index >= 15 is 0 Å². The van der Waals surface area contributed by atoms with Gasteiger partial charge in [0.15, 0.2) is 0 Å². The zero-order valence-electron chi connectivity index (χ0n) is 16.3. The van der Waals surface area contributed by atoms with Crippen LogP contribution in [-0.4, -0.2) is 34.0 Å². The Labute approximate surface area is 178 Å². The van der Waals surface area contributed by atoms with Gasteiger partial charge < -0.3 is 9.84 Å². The van der Waals surface area contributed by atoms with Crippen molar-refractivity contribution in [3.05, 3.63) is 64.5 Å². The molecule has 0 radical (unpaired) electrons. The molecule has 150 valence electrons. The average molecular weight is 455 g/mol. The molecule has 1 aliphatic rings. The predicted molar refractivity (Wildman–Crippen MR) is 115 cm³/mol. The highest BCUT2D eigenvalue weighted by Gasteiger charge is 2.26. The second-order valence-corrected chi connectivity index (χ2v) is 8.34. The lowest BCUT2D eigenvalue weighted by atomic mass is 9.96. The molecule has 1 fully saturated rings. The van der Waals surface area contributed by atoms with E-state index in [1.807, 2.05) is 55.5 Å². The number of aryl methyl sites for hydroxylation is 1. The van der Waals surface area contributed by atoms with E-state index in [2.05, 4.69) is 36.3 Å². The number of halogens is 1. The molecular formula is C22H23BrN4O2. The fraction of sp³-hybridized carbons (Fsp3) is 0.318. The molecule has 29 heavy (non-hydrogen) atoms. The van der Waals surface area contributed by atoms with Crippen LogP contribution in [0.5, 0.6) is 0 Å². The topological polar surface area (TPSA) is 71.3 Å². The summed E-state index contributed by atoms with van der Waals surface area (Å²) >= 11 is 3.43. The van der Waals surface area contributed by atoms with Gasteiger partial charge >= 0.3 is 0 Å². The number of rotatable bonds is 5. The van der Waals surface area contributed by atoms with Gasteiger partial charge in [0.1, 0.15) is 0 Å². The molecule has 4 rings (SSSR count). The first-order chi connectivity index (χ1) is 14.1. The summed E-state index contributed by atoms with van der Waals surface area (Å²) in [5.41, 5.74) is 2.96. The van der Waals surface area contributed by atoms with Gasteiger partial charge in [-0.1, -0.05) is 38.8 Å². The maximum Gasteiger partial charge on any atom is 0.241 e. The lowest BCUT2D eigenvalue weighted by molar-refractivity contribution is -0.121. The molecule has 6 nitrogen and oxygen atoms in total. The fourth-order valence-electron chi connectivity index (χ4n) is 3.46. The summed E-state index contributed by atoms with van der Waals surface area (Å²) in [5, 5.41) is 7.11. The van der Waals surface area contributed by atoms with Gasteiger partial charge in [-0.15, -0.1) is 0 Å². The van der Waals surface area contributed by atoms with E-state index in [1.54, 1.807) is 0 Å². The van der Waals surface area contributed by atoms with Crippen molar-refractivity contribution in [2.75, 3.05) is 18.4 Å². The molecule has 1 amide bonds. The monoisotopic (exact) mass is 454 g/mol. The van der Waals surface area contributed by atoms with Gasteiger partial charge in [0, 0.05) is 21.6 Å². The Morgan fingerprint density at radius 1 is 1.14 bits per heavy atom. The molecule has 1 saturated heterocycles. The van der Waals surface area contributed by atoms with Gasteiger partial charge in [-0.3, -0.25) is 9.69 Å². The predicted octanol–water partition coefficient (Wildman–Crippen LogP) is 4.66. The summed E-state index contributed by atoms with van der Waals surface area (Å²) in [6.07, 6.45) is 1.65. The van der Waals surface area contributed by atoms with Crippen LogP contribution in [0.25, 0.3) is 11.4 Å². The van der Waals surface area contributed by atoms with E-state index in [-0.39, 0.29) is 11.8 Å². The number of likely N-dealkylation sites (tertiary alicyclic amines) is 1. The summed E-state index contributed by atoms with van der Waals surface area (Å²) in [4.78, 5) is 19.3. The van der Waals surface area contributed by atoms with Gasteiger partial charge in [0.05, 0.1) is 6.54 Å². The SMILES string of the molecule is Cc1ccc(NC(=O)C2CCN(Cc3nc(-c4ccc(Br)cc4)no3)CC2)cc1. The van der Waals surface area contributed by atoms with Crippen molar-refractivity contribution < 1.29 is 9.32 Å². The number of nitrogens with zero attached hydrogens (tertiary/aromatic N) is 3. The van der Waals surface area contributed by atoms with E-state index in [0.717, 1.165) is 41.7 Å². The van der Waals surface area contributed by atoms with Crippen LogP contribution in [0.4, 0.5) is 5.69 Å². The molecule has 2 aromatic carbocycles. The Morgan fingerprint density at radius 3 is 2.52 bits per heavy atom. The highest BCUT2D eigenvalue weighted by molar-refractivity contribution is 9.10. The molecule has 0 aliphatic carbocycles. The van der Waals surface area contributed by atoms with Crippen LogP contribution >= 0.6 is 15.9 Å². The van der Waals surface area contributed by atoms with Crippen molar-refractivity contribution in [3.8, 4) is 11.4 Å². The summed E-state index contributed by atoms with van der Waals surface area (Å²) < 4.78 is 6.43. The van der Waals surface area contributed by atoms with Gasteiger partial charge in [-0.25, -0.2) is 0 Å². The quantitative estimate of drug-likeness (QED) is 0.606. The van der Waals surface area contributed by atoms with Crippen LogP contribution in [0.1, 0.15) is 24.3 Å². The number of benzene rings is 2. The first-order valence-corrected chi connectivity index (χ1v) is 10.5. The summed E-state index contributed by atoms with van der Waals surface area (Å²) in [6, 6.07) is 15.7. The Balaban J connectivity index is 1.28. The molecule has 1 N–H and O–H groups in total. The highest BCUT2D eigenvalue weighted by atomic mass is 79.9. The molecule has 1 aromatic heterocycles. The third-order valence-corrected chi connectivity index (χ3v) is 5.74. The number of piperidine rings is 1. The van der Waals surface area contributed by atoms with Crippen molar-refractivity contribution >= 4 is 27.5 Å². The van der Waals surface area contributed by atoms with Crippen LogP contribution in [0.2, 0.25) is 0 Å². The molecule has 2 heterocycles. The second-order valence-electron chi connectivity index (χ2n) is 7.42. The summed E-state index contributed by atoms with van der Waals surface area (Å²) in [5.74, 6) is 1.34. The molecule has 0 spiro atoms. The van der Waals surface area contributed by atoms with Crippen molar-refractivity contribution in [2.45, 2.75) is 26.3 Å². The van der Waals surface area contributed by atoms with E-state index in [0.29, 0.717) is 18.3 Å². The van der Waals surface area contributed by atoms with E-state index < -0.39 is 0 Å². The Bertz CT molecular complexity index is 961. The zero-order valence-corrected chi connectivity index (χ0v) is 17.9. The third-order valence-electron chi connectivity index (χ3n) is 5.21. The molecule has 1 aliphatic heterocycles. The molecule has 0 saturated carbocycles. The number of aromatic nitrogens is 2. The van der Waals surface area contributed by atoms with Crippen LogP contribution < -0.4 is 5.32 Å². The number of hydrogen-bond donors (Lipinski definition) is 1. The van der Waals surface area contributed by atoms with Crippen molar-refractivity contribution in [2.24, 2.45) is 5.92 Å². The normalized spacial score (nSPS) is 15.4. The van der Waals surface area contributed by atoms with Crippen LogP contribution in [0.3, 0.4) is 0 Å². The van der Waals surface area contributed by atoms with Crippen LogP contribution in [0, 0.1) is 12.8 Å². The van der Waals surface area contributed by atoms with Gasteiger partial charge in [0.2, 0.25) is 17.6 Å². The largest absolute Gasteiger partial charge is 0.338 e. The summed E-state index contributed by atoms with van der Waals surface area (Å²) in [6.45, 7) is 4.31. The first-order valence-electron chi connectivity index (χ1n) is 9.75. The van der Waals surface area contributed by atoms with E-state index in [9.17, 15) is 4.79 Å². The lowest BCUT2D eigenvalue weighted by Gasteiger charge is -2.30. The van der Waals surface area contributed by atoms with Gasteiger partial charge in [-0.05, 0) is 69.3 Å². The van der Waals surface area contributed by atoms with Gasteiger partial charge in [0.25, 0.3) is 0 Å². The van der Waals surface area contributed by atoms with Crippen molar-refractivity contribution in [3.63, 3.8) is 0 Å². The third kappa shape index (κ3) is 5.10. The van der Waals surface area contributed by atoms with Crippen molar-refractivity contribution in [1.82, 2.24) is 15.0 Å². The minimum atomic E-state index is 0.0357.